The summed E-state index contributed by atoms with van der Waals surface area (Å²) in [5, 5.41) is 7.75. The molecule has 1 aromatic carbocycles. The first kappa shape index (κ1) is 16.9. The van der Waals surface area contributed by atoms with Gasteiger partial charge in [0.2, 0.25) is 11.7 Å². The molecule has 3 aromatic rings. The Balaban J connectivity index is 0.000000173. The lowest BCUT2D eigenvalue weighted by Gasteiger charge is -2.00. The molecule has 1 aliphatic carbocycles. The van der Waals surface area contributed by atoms with Gasteiger partial charge in [-0.2, -0.15) is 10.1 Å². The van der Waals surface area contributed by atoms with Crippen LogP contribution in [0.3, 0.4) is 0 Å². The van der Waals surface area contributed by atoms with E-state index < -0.39 is 5.91 Å². The van der Waals surface area contributed by atoms with Gasteiger partial charge in [0.25, 0.3) is 5.91 Å². The molecule has 1 aliphatic rings. The number of nitrogens with two attached hydrogens (primary N) is 1. The monoisotopic (exact) mass is 339 g/mol. The van der Waals surface area contributed by atoms with E-state index in [-0.39, 0.29) is 0 Å². The lowest BCUT2D eigenvalue weighted by atomic mass is 10.1. The van der Waals surface area contributed by atoms with E-state index in [1.54, 1.807) is 13.2 Å². The van der Waals surface area contributed by atoms with E-state index >= 15 is 0 Å². The van der Waals surface area contributed by atoms with Gasteiger partial charge in [-0.15, -0.1) is 0 Å². The molecular formula is C18H21N5O2. The highest BCUT2D eigenvalue weighted by Gasteiger charge is 2.13. The topological polar surface area (TPSA) is 99.8 Å². The first-order chi connectivity index (χ1) is 12.1. The van der Waals surface area contributed by atoms with E-state index in [1.165, 1.54) is 41.3 Å². The molecule has 0 fully saturated rings. The smallest absolute Gasteiger partial charge is 0.251 e. The molecule has 0 bridgehead atoms. The van der Waals surface area contributed by atoms with E-state index in [9.17, 15) is 4.79 Å². The van der Waals surface area contributed by atoms with Gasteiger partial charge in [-0.3, -0.25) is 9.48 Å². The lowest BCUT2D eigenvalue weighted by Crippen LogP contribution is -2.09. The van der Waals surface area contributed by atoms with Crippen molar-refractivity contribution in [2.45, 2.75) is 32.6 Å². The van der Waals surface area contributed by atoms with Crippen molar-refractivity contribution in [1.82, 2.24) is 19.9 Å². The van der Waals surface area contributed by atoms with Crippen molar-refractivity contribution in [3.63, 3.8) is 0 Å². The van der Waals surface area contributed by atoms with Crippen LogP contribution in [0.15, 0.2) is 35.1 Å². The lowest BCUT2D eigenvalue weighted by molar-refractivity contribution is 0.1000. The van der Waals surface area contributed by atoms with Crippen molar-refractivity contribution in [2.24, 2.45) is 12.8 Å². The fourth-order valence-electron chi connectivity index (χ4n) is 2.78. The molecule has 25 heavy (non-hydrogen) atoms. The van der Waals surface area contributed by atoms with Gasteiger partial charge < -0.3 is 10.3 Å². The minimum Gasteiger partial charge on any atom is -0.366 e. The molecule has 2 heterocycles. The summed E-state index contributed by atoms with van der Waals surface area (Å²) in [4.78, 5) is 14.7. The Morgan fingerprint density at radius 3 is 2.72 bits per heavy atom. The number of aromatic nitrogens is 4. The fourth-order valence-corrected chi connectivity index (χ4v) is 2.78. The number of rotatable bonds is 3. The molecule has 0 radical (unpaired) electrons. The predicted octanol–water partition coefficient (Wildman–Crippen LogP) is 2.31. The van der Waals surface area contributed by atoms with Crippen LogP contribution in [0.25, 0.3) is 11.4 Å². The summed E-state index contributed by atoms with van der Waals surface area (Å²) in [6.07, 6.45) is 7.46. The Morgan fingerprint density at radius 1 is 1.32 bits per heavy atom. The quantitative estimate of drug-likeness (QED) is 0.789. The van der Waals surface area contributed by atoms with Gasteiger partial charge in [-0.05, 0) is 36.5 Å². The molecule has 0 saturated carbocycles. The Hall–Kier alpha value is -2.96. The summed E-state index contributed by atoms with van der Waals surface area (Å²) in [6, 6.07) is 6.49. The van der Waals surface area contributed by atoms with Crippen LogP contribution >= 0.6 is 0 Å². The number of aryl methyl sites for hydroxylation is 4. The van der Waals surface area contributed by atoms with E-state index in [0.717, 1.165) is 12.0 Å². The standard InChI is InChI=1S/C13H14N2O.C5H7N3O/c1-2-12-14-13(15-16-12)11-7-6-9-4-3-5-10(9)8-11;1-8-3-4(2-7-8)5(6)9/h6-8H,2-5H2,1H3;2-3H,1H3,(H2,6,9). The number of hydrogen-bond donors (Lipinski definition) is 1. The van der Waals surface area contributed by atoms with Crippen LogP contribution in [-0.4, -0.2) is 25.8 Å². The minimum absolute atomic E-state index is 0.442. The molecule has 0 atom stereocenters. The maximum absolute atomic E-state index is 10.4. The molecule has 0 aliphatic heterocycles. The fraction of sp³-hybridized carbons (Fsp3) is 0.333. The highest BCUT2D eigenvalue weighted by Crippen LogP contribution is 2.26. The van der Waals surface area contributed by atoms with Crippen molar-refractivity contribution in [1.29, 1.82) is 0 Å². The Bertz CT molecular complexity index is 881. The van der Waals surface area contributed by atoms with E-state index in [4.69, 9.17) is 10.3 Å². The van der Waals surface area contributed by atoms with Gasteiger partial charge in [-0.1, -0.05) is 24.2 Å². The van der Waals surface area contributed by atoms with Gasteiger partial charge in [0, 0.05) is 25.2 Å². The number of fused-ring (bicyclic) bond motifs is 1. The molecule has 4 rings (SSSR count). The highest BCUT2D eigenvalue weighted by molar-refractivity contribution is 5.92. The van der Waals surface area contributed by atoms with Crippen molar-refractivity contribution in [2.75, 3.05) is 0 Å². The highest BCUT2D eigenvalue weighted by atomic mass is 16.5. The van der Waals surface area contributed by atoms with Gasteiger partial charge in [0.05, 0.1) is 11.8 Å². The Labute approximate surface area is 145 Å². The zero-order valence-corrected chi connectivity index (χ0v) is 14.4. The summed E-state index contributed by atoms with van der Waals surface area (Å²) in [6.45, 7) is 2.01. The van der Waals surface area contributed by atoms with Crippen LogP contribution in [-0.2, 0) is 26.3 Å². The van der Waals surface area contributed by atoms with Crippen LogP contribution in [0.1, 0.15) is 40.7 Å². The largest absolute Gasteiger partial charge is 0.366 e. The van der Waals surface area contributed by atoms with Gasteiger partial charge in [0.15, 0.2) is 0 Å². The Kier molecular flexibility index (Phi) is 4.92. The third kappa shape index (κ3) is 3.93. The third-order valence-electron chi connectivity index (χ3n) is 4.12. The third-order valence-corrected chi connectivity index (χ3v) is 4.12. The number of carbonyl (C=O) groups excluding carboxylic acids is 1. The average Bonchev–Trinajstić information content (AvgIpc) is 3.34. The second-order valence-electron chi connectivity index (χ2n) is 5.97. The molecule has 0 spiro atoms. The summed E-state index contributed by atoms with van der Waals surface area (Å²) >= 11 is 0. The maximum atomic E-state index is 10.4. The first-order valence-electron chi connectivity index (χ1n) is 8.30. The predicted molar refractivity (Wildman–Crippen MR) is 92.9 cm³/mol. The van der Waals surface area contributed by atoms with Crippen molar-refractivity contribution < 1.29 is 9.32 Å². The SMILES string of the molecule is CCc1nc(-c2ccc3c(c2)CCC3)no1.Cn1cc(C(N)=O)cn1. The van der Waals surface area contributed by atoms with Gasteiger partial charge >= 0.3 is 0 Å². The second-order valence-corrected chi connectivity index (χ2v) is 5.97. The number of nitrogens with zero attached hydrogens (tertiary/aromatic N) is 4. The van der Waals surface area contributed by atoms with Crippen molar-refractivity contribution >= 4 is 5.91 Å². The first-order valence-corrected chi connectivity index (χ1v) is 8.30. The van der Waals surface area contributed by atoms with Crippen molar-refractivity contribution in [3.8, 4) is 11.4 Å². The maximum Gasteiger partial charge on any atom is 0.251 e. The van der Waals surface area contributed by atoms with Crippen LogP contribution in [0.2, 0.25) is 0 Å². The van der Waals surface area contributed by atoms with E-state index in [1.807, 2.05) is 6.92 Å². The van der Waals surface area contributed by atoms with Crippen LogP contribution < -0.4 is 5.73 Å². The molecule has 0 saturated heterocycles. The average molecular weight is 339 g/mol. The summed E-state index contributed by atoms with van der Waals surface area (Å²) in [5.41, 5.74) is 9.37. The molecule has 2 N–H and O–H groups in total. The molecule has 7 heteroatoms. The van der Waals surface area contributed by atoms with Crippen molar-refractivity contribution in [3.05, 3.63) is 53.2 Å². The van der Waals surface area contributed by atoms with E-state index in [0.29, 0.717) is 17.3 Å². The summed E-state index contributed by atoms with van der Waals surface area (Å²) in [5.74, 6) is 0.977. The Morgan fingerprint density at radius 2 is 2.12 bits per heavy atom. The molecule has 2 aromatic heterocycles. The zero-order chi connectivity index (χ0) is 17.8. The molecule has 130 valence electrons. The molecular weight excluding hydrogens is 318 g/mol. The number of benzene rings is 1. The van der Waals surface area contributed by atoms with Crippen LogP contribution in [0, 0.1) is 0 Å². The normalized spacial score (nSPS) is 12.4. The molecule has 0 unspecified atom stereocenters. The summed E-state index contributed by atoms with van der Waals surface area (Å²) < 4.78 is 6.65. The number of primary amides is 1. The second kappa shape index (κ2) is 7.29. The molecule has 1 amide bonds. The van der Waals surface area contributed by atoms with E-state index in [2.05, 4.69) is 33.4 Å². The summed E-state index contributed by atoms with van der Waals surface area (Å²) in [7, 11) is 1.73. The number of amides is 1. The zero-order valence-electron chi connectivity index (χ0n) is 14.4. The van der Waals surface area contributed by atoms with Crippen LogP contribution in [0.5, 0.6) is 0 Å². The molecule has 7 nitrogen and oxygen atoms in total. The number of hydrogen-bond acceptors (Lipinski definition) is 5. The van der Waals surface area contributed by atoms with Gasteiger partial charge in [0.1, 0.15) is 0 Å². The number of carbonyl (C=O) groups is 1. The van der Waals surface area contributed by atoms with Gasteiger partial charge in [-0.25, -0.2) is 0 Å². The minimum atomic E-state index is -0.442. The van der Waals surface area contributed by atoms with Crippen LogP contribution in [0.4, 0.5) is 0 Å².